The van der Waals surface area contributed by atoms with Crippen molar-refractivity contribution in [3.8, 4) is 11.8 Å². The molecule has 0 aliphatic heterocycles. The van der Waals surface area contributed by atoms with E-state index in [-0.39, 0.29) is 18.3 Å². The number of nitriles is 1. The van der Waals surface area contributed by atoms with Crippen molar-refractivity contribution in [2.24, 2.45) is 0 Å². The molecule has 0 fully saturated rings. The molecule has 0 saturated heterocycles. The number of carbonyl (C=O) groups is 1. The summed E-state index contributed by atoms with van der Waals surface area (Å²) in [4.78, 5) is 19.3. The van der Waals surface area contributed by atoms with Crippen molar-refractivity contribution in [1.29, 1.82) is 5.26 Å². The molecule has 4 aromatic rings. The van der Waals surface area contributed by atoms with E-state index in [1.165, 1.54) is 12.1 Å². The Labute approximate surface area is 189 Å². The first-order valence-corrected chi connectivity index (χ1v) is 10.9. The Morgan fingerprint density at radius 1 is 1.25 bits per heavy atom. The van der Waals surface area contributed by atoms with Crippen LogP contribution < -0.4 is 5.32 Å². The highest BCUT2D eigenvalue weighted by Crippen LogP contribution is 2.30. The van der Waals surface area contributed by atoms with Gasteiger partial charge in [-0.15, -0.1) is 11.3 Å². The highest BCUT2D eigenvalue weighted by molar-refractivity contribution is 7.18. The van der Waals surface area contributed by atoms with Crippen LogP contribution in [0.2, 0.25) is 0 Å². The number of nitrogens with one attached hydrogen (secondary N) is 1. The molecule has 162 valence electrons. The fourth-order valence-corrected chi connectivity index (χ4v) is 4.74. The van der Waals surface area contributed by atoms with Gasteiger partial charge < -0.3 is 5.32 Å². The van der Waals surface area contributed by atoms with E-state index in [0.29, 0.717) is 23.6 Å². The predicted octanol–water partition coefficient (Wildman–Crippen LogP) is 4.79. The van der Waals surface area contributed by atoms with Crippen molar-refractivity contribution in [2.75, 3.05) is 18.9 Å². The lowest BCUT2D eigenvalue weighted by atomic mass is 10.2. The highest BCUT2D eigenvalue weighted by Gasteiger charge is 2.21. The predicted molar refractivity (Wildman–Crippen MR) is 124 cm³/mol. The summed E-state index contributed by atoms with van der Waals surface area (Å²) >= 11 is 1.60. The molecule has 0 saturated carbocycles. The van der Waals surface area contributed by atoms with Gasteiger partial charge in [0.05, 0.1) is 34.6 Å². The van der Waals surface area contributed by atoms with Gasteiger partial charge in [-0.1, -0.05) is 18.2 Å². The number of nitrogens with zero attached hydrogens (tertiary/aromatic N) is 4. The number of aromatic nitrogens is 2. The summed E-state index contributed by atoms with van der Waals surface area (Å²) in [5, 5.41) is 13.5. The first kappa shape index (κ1) is 21.7. The van der Waals surface area contributed by atoms with Crippen LogP contribution in [0.15, 0.2) is 48.5 Å². The SMILES string of the molecule is Cc1c(C#N)c(NC(=O)CN(C)Cc2nc3ccccc3s2)n(-c2cccc(F)c2)c1C. The molecular formula is C24H22FN5OS. The van der Waals surface area contributed by atoms with Crippen LogP contribution in [-0.4, -0.2) is 34.0 Å². The van der Waals surface area contributed by atoms with E-state index < -0.39 is 0 Å². The van der Waals surface area contributed by atoms with E-state index in [2.05, 4.69) is 16.4 Å². The van der Waals surface area contributed by atoms with Crippen molar-refractivity contribution in [2.45, 2.75) is 20.4 Å². The molecule has 2 aromatic heterocycles. The zero-order valence-corrected chi connectivity index (χ0v) is 18.8. The molecule has 1 amide bonds. The van der Waals surface area contributed by atoms with Gasteiger partial charge in [-0.3, -0.25) is 14.3 Å². The molecule has 6 nitrogen and oxygen atoms in total. The maximum Gasteiger partial charge on any atom is 0.239 e. The fourth-order valence-electron chi connectivity index (χ4n) is 3.69. The monoisotopic (exact) mass is 447 g/mol. The van der Waals surface area contributed by atoms with Crippen LogP contribution in [0.4, 0.5) is 10.2 Å². The highest BCUT2D eigenvalue weighted by atomic mass is 32.1. The van der Waals surface area contributed by atoms with Crippen molar-refractivity contribution in [1.82, 2.24) is 14.5 Å². The van der Waals surface area contributed by atoms with Crippen molar-refractivity contribution < 1.29 is 9.18 Å². The number of benzene rings is 2. The standard InChI is InChI=1S/C24H22FN5OS/c1-15-16(2)30(18-8-6-7-17(25)11-18)24(19(15)12-26)28-22(31)13-29(3)14-23-27-20-9-4-5-10-21(20)32-23/h4-11H,13-14H2,1-3H3,(H,28,31). The van der Waals surface area contributed by atoms with Gasteiger partial charge in [-0.25, -0.2) is 9.37 Å². The average molecular weight is 448 g/mol. The molecule has 1 N–H and O–H groups in total. The van der Waals surface area contributed by atoms with Crippen molar-refractivity contribution in [3.63, 3.8) is 0 Å². The molecule has 2 heterocycles. The summed E-state index contributed by atoms with van der Waals surface area (Å²) in [5.74, 6) is -0.300. The van der Waals surface area contributed by atoms with Crippen LogP contribution in [-0.2, 0) is 11.3 Å². The van der Waals surface area contributed by atoms with Crippen LogP contribution in [0.3, 0.4) is 0 Å². The van der Waals surface area contributed by atoms with E-state index in [0.717, 1.165) is 26.5 Å². The average Bonchev–Trinajstić information content (AvgIpc) is 3.25. The summed E-state index contributed by atoms with van der Waals surface area (Å²) in [7, 11) is 1.85. The van der Waals surface area contributed by atoms with Gasteiger partial charge in [-0.05, 0) is 56.8 Å². The maximum atomic E-state index is 13.8. The van der Waals surface area contributed by atoms with Crippen molar-refractivity contribution in [3.05, 3.63) is 76.2 Å². The number of carbonyl (C=O) groups excluding carboxylic acids is 1. The molecule has 0 bridgehead atoms. The van der Waals surface area contributed by atoms with Crippen LogP contribution in [0.25, 0.3) is 15.9 Å². The number of halogens is 1. The molecule has 0 radical (unpaired) electrons. The van der Waals surface area contributed by atoms with E-state index in [4.69, 9.17) is 0 Å². The quantitative estimate of drug-likeness (QED) is 0.461. The number of rotatable bonds is 6. The molecule has 4 rings (SSSR count). The third-order valence-electron chi connectivity index (χ3n) is 5.31. The number of likely N-dealkylation sites (N-methyl/N-ethyl adjacent to an activating group) is 1. The minimum absolute atomic E-state index is 0.118. The second-order valence-corrected chi connectivity index (χ2v) is 8.77. The van der Waals surface area contributed by atoms with Gasteiger partial charge in [-0.2, -0.15) is 5.26 Å². The fraction of sp³-hybridized carbons (Fsp3) is 0.208. The van der Waals surface area contributed by atoms with E-state index >= 15 is 0 Å². The number of fused-ring (bicyclic) bond motifs is 1. The zero-order chi connectivity index (χ0) is 22.8. The van der Waals surface area contributed by atoms with Crippen LogP contribution >= 0.6 is 11.3 Å². The van der Waals surface area contributed by atoms with Gasteiger partial charge in [0.25, 0.3) is 0 Å². The molecule has 2 aromatic carbocycles. The molecule has 0 aliphatic rings. The Morgan fingerprint density at radius 3 is 2.75 bits per heavy atom. The third kappa shape index (κ3) is 4.26. The summed E-state index contributed by atoms with van der Waals surface area (Å²) in [6, 6.07) is 16.2. The lowest BCUT2D eigenvalue weighted by molar-refractivity contribution is -0.117. The smallest absolute Gasteiger partial charge is 0.239 e. The second kappa shape index (κ2) is 8.91. The molecule has 0 spiro atoms. The van der Waals surface area contributed by atoms with Crippen molar-refractivity contribution >= 4 is 33.3 Å². The van der Waals surface area contributed by atoms with Gasteiger partial charge in [0.2, 0.25) is 5.91 Å². The normalized spacial score (nSPS) is 11.1. The Kier molecular flexibility index (Phi) is 6.04. The number of amides is 1. The molecular weight excluding hydrogens is 425 g/mol. The van der Waals surface area contributed by atoms with Gasteiger partial charge >= 0.3 is 0 Å². The Bertz CT molecular complexity index is 1320. The van der Waals surface area contributed by atoms with E-state index in [1.54, 1.807) is 28.0 Å². The topological polar surface area (TPSA) is 74.0 Å². The van der Waals surface area contributed by atoms with Crippen LogP contribution in [0.1, 0.15) is 21.8 Å². The van der Waals surface area contributed by atoms with Crippen LogP contribution in [0, 0.1) is 31.0 Å². The molecule has 0 aliphatic carbocycles. The molecule has 8 heteroatoms. The van der Waals surface area contributed by atoms with Gasteiger partial charge in [0.1, 0.15) is 22.7 Å². The first-order valence-electron chi connectivity index (χ1n) is 10.1. The number of anilines is 1. The number of hydrogen-bond donors (Lipinski definition) is 1. The minimum atomic E-state index is -0.389. The second-order valence-electron chi connectivity index (χ2n) is 7.66. The Hall–Kier alpha value is -3.54. The maximum absolute atomic E-state index is 13.8. The first-order chi connectivity index (χ1) is 15.4. The van der Waals surface area contributed by atoms with E-state index in [9.17, 15) is 14.4 Å². The lowest BCUT2D eigenvalue weighted by Crippen LogP contribution is -2.30. The summed E-state index contributed by atoms with van der Waals surface area (Å²) in [6.07, 6.45) is 0. The van der Waals surface area contributed by atoms with Crippen LogP contribution in [0.5, 0.6) is 0 Å². The lowest BCUT2D eigenvalue weighted by Gasteiger charge is -2.17. The number of para-hydroxylation sites is 1. The Balaban J connectivity index is 1.54. The summed E-state index contributed by atoms with van der Waals surface area (Å²) in [5.41, 5.74) is 3.38. The number of thiazole rings is 1. The van der Waals surface area contributed by atoms with Gasteiger partial charge in [0.15, 0.2) is 0 Å². The minimum Gasteiger partial charge on any atom is -0.310 e. The summed E-state index contributed by atoms with van der Waals surface area (Å²) < 4.78 is 16.7. The van der Waals surface area contributed by atoms with E-state index in [1.807, 2.05) is 50.1 Å². The third-order valence-corrected chi connectivity index (χ3v) is 6.33. The van der Waals surface area contributed by atoms with Gasteiger partial charge in [0, 0.05) is 5.69 Å². The molecule has 0 unspecified atom stereocenters. The Morgan fingerprint density at radius 2 is 2.03 bits per heavy atom. The molecule has 32 heavy (non-hydrogen) atoms. The summed E-state index contributed by atoms with van der Waals surface area (Å²) in [6.45, 7) is 4.31. The largest absolute Gasteiger partial charge is 0.310 e. The molecule has 0 atom stereocenters. The zero-order valence-electron chi connectivity index (χ0n) is 18.0. The number of hydrogen-bond acceptors (Lipinski definition) is 5.